The molecule has 25 heavy (non-hydrogen) atoms. The van der Waals surface area contributed by atoms with Gasteiger partial charge in [0.1, 0.15) is 5.01 Å². The molecule has 2 aromatic heterocycles. The zero-order valence-corrected chi connectivity index (χ0v) is 15.8. The number of thiazole rings is 1. The van der Waals surface area contributed by atoms with Gasteiger partial charge in [0.2, 0.25) is 5.91 Å². The Balaban J connectivity index is 1.67. The number of hydrogen-bond acceptors (Lipinski definition) is 5. The highest BCUT2D eigenvalue weighted by Crippen LogP contribution is 2.26. The molecule has 1 aliphatic rings. The van der Waals surface area contributed by atoms with E-state index in [0.717, 1.165) is 42.2 Å². The molecule has 0 saturated heterocycles. The molecule has 0 aromatic carbocycles. The molecule has 2 aromatic rings. The molecule has 0 aliphatic heterocycles. The minimum atomic E-state index is 0.205. The van der Waals surface area contributed by atoms with Crippen molar-refractivity contribution in [1.82, 2.24) is 19.8 Å². The molecule has 0 radical (unpaired) electrons. The van der Waals surface area contributed by atoms with Crippen molar-refractivity contribution >= 4 is 17.2 Å². The third kappa shape index (κ3) is 4.86. The van der Waals surface area contributed by atoms with Crippen molar-refractivity contribution in [1.29, 1.82) is 0 Å². The maximum absolute atomic E-state index is 12.9. The van der Waals surface area contributed by atoms with Crippen LogP contribution in [0.4, 0.5) is 0 Å². The quantitative estimate of drug-likeness (QED) is 0.763. The highest BCUT2D eigenvalue weighted by Gasteiger charge is 2.27. The monoisotopic (exact) mass is 358 g/mol. The summed E-state index contributed by atoms with van der Waals surface area (Å²) in [5.41, 5.74) is 1.87. The van der Waals surface area contributed by atoms with E-state index in [-0.39, 0.29) is 5.91 Å². The van der Waals surface area contributed by atoms with Gasteiger partial charge in [-0.05, 0) is 39.1 Å². The van der Waals surface area contributed by atoms with Gasteiger partial charge in [-0.25, -0.2) is 4.98 Å². The van der Waals surface area contributed by atoms with Crippen molar-refractivity contribution in [3.8, 4) is 10.6 Å². The second-order valence-electron chi connectivity index (χ2n) is 6.89. The lowest BCUT2D eigenvalue weighted by Gasteiger charge is -2.30. The lowest BCUT2D eigenvalue weighted by molar-refractivity contribution is -0.132. The van der Waals surface area contributed by atoms with Crippen LogP contribution in [-0.2, 0) is 11.2 Å². The molecule has 2 heterocycles. The number of pyridine rings is 1. The molecule has 1 aliphatic carbocycles. The molecule has 1 amide bonds. The first-order valence-electron chi connectivity index (χ1n) is 8.92. The maximum atomic E-state index is 12.9. The smallest absolute Gasteiger partial charge is 0.228 e. The van der Waals surface area contributed by atoms with E-state index in [0.29, 0.717) is 12.5 Å². The average Bonchev–Trinajstić information content (AvgIpc) is 3.28. The summed E-state index contributed by atoms with van der Waals surface area (Å²) in [6.45, 7) is 1.70. The molecule has 1 fully saturated rings. The number of nitrogens with zero attached hydrogens (tertiary/aromatic N) is 4. The van der Waals surface area contributed by atoms with Gasteiger partial charge in [0.25, 0.3) is 0 Å². The molecule has 0 N–H and O–H groups in total. The van der Waals surface area contributed by atoms with Crippen LogP contribution in [0, 0.1) is 0 Å². The average molecular weight is 359 g/mol. The number of rotatable bonds is 7. The molecular formula is C19H26N4OS. The largest absolute Gasteiger partial charge is 0.338 e. The van der Waals surface area contributed by atoms with Gasteiger partial charge in [0.15, 0.2) is 0 Å². The Kier molecular flexibility index (Phi) is 6.15. The van der Waals surface area contributed by atoms with E-state index >= 15 is 0 Å². The number of amides is 1. The topological polar surface area (TPSA) is 49.3 Å². The normalized spacial score (nSPS) is 15.0. The SMILES string of the molecule is CN(C)CCN(C(=O)Cc1csc(-c2cccnc2)n1)C1CCCC1. The van der Waals surface area contributed by atoms with E-state index in [9.17, 15) is 4.79 Å². The zero-order chi connectivity index (χ0) is 17.6. The third-order valence-electron chi connectivity index (χ3n) is 4.67. The molecule has 1 saturated carbocycles. The fraction of sp³-hybridized carbons (Fsp3) is 0.526. The van der Waals surface area contributed by atoms with Crippen LogP contribution in [0.15, 0.2) is 29.9 Å². The second-order valence-corrected chi connectivity index (χ2v) is 7.75. The predicted octanol–water partition coefficient (Wildman–Crippen LogP) is 3.08. The highest BCUT2D eigenvalue weighted by molar-refractivity contribution is 7.13. The first-order valence-corrected chi connectivity index (χ1v) is 9.80. The van der Waals surface area contributed by atoms with E-state index < -0.39 is 0 Å². The van der Waals surface area contributed by atoms with Gasteiger partial charge in [0, 0.05) is 42.5 Å². The summed E-state index contributed by atoms with van der Waals surface area (Å²) >= 11 is 1.58. The Morgan fingerprint density at radius 2 is 2.08 bits per heavy atom. The van der Waals surface area contributed by atoms with E-state index in [4.69, 9.17) is 0 Å². The van der Waals surface area contributed by atoms with Gasteiger partial charge in [0.05, 0.1) is 12.1 Å². The summed E-state index contributed by atoms with van der Waals surface area (Å²) in [4.78, 5) is 25.9. The van der Waals surface area contributed by atoms with Gasteiger partial charge in [-0.3, -0.25) is 9.78 Å². The summed E-state index contributed by atoms with van der Waals surface area (Å²) in [5, 5.41) is 2.93. The van der Waals surface area contributed by atoms with Crippen molar-refractivity contribution in [3.63, 3.8) is 0 Å². The number of carbonyl (C=O) groups excluding carboxylic acids is 1. The highest BCUT2D eigenvalue weighted by atomic mass is 32.1. The molecule has 6 heteroatoms. The Bertz CT molecular complexity index is 680. The Hall–Kier alpha value is -1.79. The van der Waals surface area contributed by atoms with Gasteiger partial charge in [-0.2, -0.15) is 0 Å². The van der Waals surface area contributed by atoms with Crippen LogP contribution >= 0.6 is 11.3 Å². The summed E-state index contributed by atoms with van der Waals surface area (Å²) < 4.78 is 0. The fourth-order valence-corrected chi connectivity index (χ4v) is 4.11. The molecule has 0 spiro atoms. The van der Waals surface area contributed by atoms with Crippen molar-refractivity contribution in [3.05, 3.63) is 35.6 Å². The molecular weight excluding hydrogens is 332 g/mol. The minimum absolute atomic E-state index is 0.205. The van der Waals surface area contributed by atoms with Crippen molar-refractivity contribution < 1.29 is 4.79 Å². The van der Waals surface area contributed by atoms with E-state index in [1.54, 1.807) is 17.5 Å². The van der Waals surface area contributed by atoms with E-state index in [1.807, 2.05) is 23.7 Å². The van der Waals surface area contributed by atoms with Crippen LogP contribution in [0.2, 0.25) is 0 Å². The Morgan fingerprint density at radius 3 is 2.76 bits per heavy atom. The summed E-state index contributed by atoms with van der Waals surface area (Å²) in [6, 6.07) is 4.31. The van der Waals surface area contributed by atoms with Crippen molar-refractivity contribution in [2.75, 3.05) is 27.2 Å². The molecule has 0 unspecified atom stereocenters. The van der Waals surface area contributed by atoms with Gasteiger partial charge >= 0.3 is 0 Å². The van der Waals surface area contributed by atoms with Crippen molar-refractivity contribution in [2.24, 2.45) is 0 Å². The van der Waals surface area contributed by atoms with Crippen LogP contribution in [0.3, 0.4) is 0 Å². The summed E-state index contributed by atoms with van der Waals surface area (Å²) in [5.74, 6) is 0.205. The van der Waals surface area contributed by atoms with E-state index in [2.05, 4.69) is 33.9 Å². The van der Waals surface area contributed by atoms with Crippen LogP contribution in [0.5, 0.6) is 0 Å². The lowest BCUT2D eigenvalue weighted by atomic mass is 10.1. The molecule has 134 valence electrons. The molecule has 5 nitrogen and oxygen atoms in total. The van der Waals surface area contributed by atoms with Crippen LogP contribution < -0.4 is 0 Å². The van der Waals surface area contributed by atoms with Crippen molar-refractivity contribution in [2.45, 2.75) is 38.1 Å². The summed E-state index contributed by atoms with van der Waals surface area (Å²) in [7, 11) is 4.11. The van der Waals surface area contributed by atoms with Crippen LogP contribution in [0.1, 0.15) is 31.4 Å². The molecule has 3 rings (SSSR count). The standard InChI is InChI=1S/C19H26N4OS/c1-22(2)10-11-23(17-7-3-4-8-17)18(24)12-16-14-25-19(21-16)15-6-5-9-20-13-15/h5-6,9,13-14,17H,3-4,7-8,10-12H2,1-2H3. The van der Waals surface area contributed by atoms with Gasteiger partial charge < -0.3 is 9.80 Å². The molecule has 0 bridgehead atoms. The zero-order valence-electron chi connectivity index (χ0n) is 15.0. The maximum Gasteiger partial charge on any atom is 0.228 e. The number of hydrogen-bond donors (Lipinski definition) is 0. The Morgan fingerprint density at radius 1 is 1.28 bits per heavy atom. The van der Waals surface area contributed by atoms with Gasteiger partial charge in [-0.1, -0.05) is 12.8 Å². The summed E-state index contributed by atoms with van der Waals surface area (Å²) in [6.07, 6.45) is 8.70. The Labute approximate surface area is 153 Å². The number of aromatic nitrogens is 2. The first kappa shape index (κ1) is 18.0. The van der Waals surface area contributed by atoms with Crippen LogP contribution in [0.25, 0.3) is 10.6 Å². The molecule has 0 atom stereocenters. The first-order chi connectivity index (χ1) is 12.1. The second kappa shape index (κ2) is 8.54. The van der Waals surface area contributed by atoms with Gasteiger partial charge in [-0.15, -0.1) is 11.3 Å². The number of carbonyl (C=O) groups is 1. The minimum Gasteiger partial charge on any atom is -0.338 e. The lowest BCUT2D eigenvalue weighted by Crippen LogP contribution is -2.43. The number of likely N-dealkylation sites (N-methyl/N-ethyl adjacent to an activating group) is 1. The predicted molar refractivity (Wildman–Crippen MR) is 102 cm³/mol. The van der Waals surface area contributed by atoms with E-state index in [1.165, 1.54) is 12.8 Å². The van der Waals surface area contributed by atoms with Crippen LogP contribution in [-0.4, -0.2) is 58.9 Å². The third-order valence-corrected chi connectivity index (χ3v) is 5.61. The fourth-order valence-electron chi connectivity index (χ4n) is 3.30.